The Bertz CT molecular complexity index is 1220. The Balaban J connectivity index is 1.81. The number of nitrogens with one attached hydrogen (secondary N) is 1. The van der Waals surface area contributed by atoms with Crippen molar-refractivity contribution in [2.75, 3.05) is 17.3 Å². The lowest BCUT2D eigenvalue weighted by Gasteiger charge is -2.16. The van der Waals surface area contributed by atoms with E-state index in [1.165, 1.54) is 12.0 Å². The minimum absolute atomic E-state index is 0.205. The first-order chi connectivity index (χ1) is 14.9. The number of nitrogens with zero attached hydrogens (tertiary/aromatic N) is 1. The highest BCUT2D eigenvalue weighted by atomic mass is 35.5. The summed E-state index contributed by atoms with van der Waals surface area (Å²) in [6, 6.07) is 19.9. The zero-order chi connectivity index (χ0) is 22.1. The number of ether oxygens (including phenoxy) is 1. The van der Waals surface area contributed by atoms with E-state index in [1.54, 1.807) is 24.3 Å². The molecule has 1 aliphatic heterocycles. The Morgan fingerprint density at radius 1 is 0.871 bits per heavy atom. The van der Waals surface area contributed by atoms with Crippen LogP contribution in [-0.2, 0) is 9.59 Å². The SMILES string of the molecule is COc1ccc(NC2=C(c3ccc(C)cc3)C(=O)N(c3cccc(C)c3)C2=O)cc1Cl. The molecule has 6 heteroatoms. The van der Waals surface area contributed by atoms with Crippen LogP contribution in [0.2, 0.25) is 5.02 Å². The van der Waals surface area contributed by atoms with Gasteiger partial charge in [0.15, 0.2) is 0 Å². The van der Waals surface area contributed by atoms with Crippen molar-refractivity contribution in [3.8, 4) is 5.75 Å². The second-order valence-corrected chi connectivity index (χ2v) is 7.78. The molecule has 3 aromatic rings. The van der Waals surface area contributed by atoms with E-state index in [0.29, 0.717) is 33.3 Å². The summed E-state index contributed by atoms with van der Waals surface area (Å²) in [4.78, 5) is 28.1. The fourth-order valence-electron chi connectivity index (χ4n) is 3.52. The van der Waals surface area contributed by atoms with Crippen molar-refractivity contribution in [2.24, 2.45) is 0 Å². The number of methoxy groups -OCH3 is 1. The van der Waals surface area contributed by atoms with Crippen molar-refractivity contribution in [3.63, 3.8) is 0 Å². The van der Waals surface area contributed by atoms with Crippen LogP contribution in [0.25, 0.3) is 5.57 Å². The Morgan fingerprint density at radius 3 is 2.26 bits per heavy atom. The molecule has 0 aromatic heterocycles. The van der Waals surface area contributed by atoms with Gasteiger partial charge in [-0.2, -0.15) is 0 Å². The fourth-order valence-corrected chi connectivity index (χ4v) is 3.78. The molecular weight excluding hydrogens is 412 g/mol. The van der Waals surface area contributed by atoms with E-state index in [2.05, 4.69) is 5.32 Å². The topological polar surface area (TPSA) is 58.6 Å². The maximum Gasteiger partial charge on any atom is 0.282 e. The lowest BCUT2D eigenvalue weighted by Crippen LogP contribution is -2.32. The third-order valence-corrected chi connectivity index (χ3v) is 5.40. The first-order valence-electron chi connectivity index (χ1n) is 9.76. The highest BCUT2D eigenvalue weighted by Gasteiger charge is 2.40. The molecule has 1 heterocycles. The van der Waals surface area contributed by atoms with Gasteiger partial charge in [-0.1, -0.05) is 53.6 Å². The van der Waals surface area contributed by atoms with E-state index in [-0.39, 0.29) is 11.6 Å². The number of hydrogen-bond donors (Lipinski definition) is 1. The van der Waals surface area contributed by atoms with Crippen LogP contribution in [0.3, 0.4) is 0 Å². The molecular formula is C25H21ClN2O3. The molecule has 5 nitrogen and oxygen atoms in total. The molecule has 2 amide bonds. The zero-order valence-corrected chi connectivity index (χ0v) is 18.2. The summed E-state index contributed by atoms with van der Waals surface area (Å²) in [6.45, 7) is 3.89. The molecule has 0 bridgehead atoms. The van der Waals surface area contributed by atoms with Crippen LogP contribution < -0.4 is 15.0 Å². The lowest BCUT2D eigenvalue weighted by molar-refractivity contribution is -0.120. The summed E-state index contributed by atoms with van der Waals surface area (Å²) in [5, 5.41) is 3.52. The molecule has 1 N–H and O–H groups in total. The van der Waals surface area contributed by atoms with Crippen LogP contribution in [0, 0.1) is 13.8 Å². The zero-order valence-electron chi connectivity index (χ0n) is 17.4. The highest BCUT2D eigenvalue weighted by Crippen LogP contribution is 2.35. The maximum absolute atomic E-state index is 13.4. The minimum Gasteiger partial charge on any atom is -0.495 e. The van der Waals surface area contributed by atoms with Gasteiger partial charge in [0, 0.05) is 5.69 Å². The Labute approximate surface area is 185 Å². The lowest BCUT2D eigenvalue weighted by atomic mass is 10.0. The van der Waals surface area contributed by atoms with Crippen molar-refractivity contribution in [2.45, 2.75) is 13.8 Å². The number of carbonyl (C=O) groups excluding carboxylic acids is 2. The predicted molar refractivity (Wildman–Crippen MR) is 123 cm³/mol. The summed E-state index contributed by atoms with van der Waals surface area (Å²) in [5.41, 5.74) is 4.32. The van der Waals surface area contributed by atoms with Crippen molar-refractivity contribution in [3.05, 3.63) is 94.1 Å². The standard InChI is InChI=1S/C25H21ClN2O3/c1-15-7-9-17(10-8-15)22-23(27-18-11-12-21(31-3)20(26)14-18)25(30)28(24(22)29)19-6-4-5-16(2)13-19/h4-14,27H,1-3H3. The summed E-state index contributed by atoms with van der Waals surface area (Å²) >= 11 is 6.25. The average Bonchev–Trinajstić information content (AvgIpc) is 2.98. The number of aryl methyl sites for hydroxylation is 2. The molecule has 0 aliphatic carbocycles. The van der Waals surface area contributed by atoms with Gasteiger partial charge in [-0.3, -0.25) is 9.59 Å². The molecule has 31 heavy (non-hydrogen) atoms. The molecule has 0 saturated heterocycles. The molecule has 4 rings (SSSR count). The van der Waals surface area contributed by atoms with Gasteiger partial charge in [-0.05, 0) is 55.3 Å². The minimum atomic E-state index is -0.418. The maximum atomic E-state index is 13.4. The monoisotopic (exact) mass is 432 g/mol. The van der Waals surface area contributed by atoms with Gasteiger partial charge in [-0.25, -0.2) is 4.90 Å². The Kier molecular flexibility index (Phi) is 5.53. The number of halogens is 1. The fraction of sp³-hybridized carbons (Fsp3) is 0.120. The largest absolute Gasteiger partial charge is 0.495 e. The van der Waals surface area contributed by atoms with E-state index in [1.807, 2.05) is 56.3 Å². The smallest absolute Gasteiger partial charge is 0.282 e. The number of hydrogen-bond acceptors (Lipinski definition) is 4. The van der Waals surface area contributed by atoms with Crippen LogP contribution in [0.5, 0.6) is 5.75 Å². The van der Waals surface area contributed by atoms with Crippen LogP contribution in [0.4, 0.5) is 11.4 Å². The first-order valence-corrected chi connectivity index (χ1v) is 10.1. The molecule has 156 valence electrons. The molecule has 0 saturated carbocycles. The highest BCUT2D eigenvalue weighted by molar-refractivity contribution is 6.46. The number of carbonyl (C=O) groups is 2. The number of amides is 2. The van der Waals surface area contributed by atoms with E-state index in [9.17, 15) is 9.59 Å². The molecule has 0 fully saturated rings. The van der Waals surface area contributed by atoms with Gasteiger partial charge in [0.2, 0.25) is 0 Å². The second-order valence-electron chi connectivity index (χ2n) is 7.38. The molecule has 0 radical (unpaired) electrons. The van der Waals surface area contributed by atoms with Crippen LogP contribution in [-0.4, -0.2) is 18.9 Å². The number of anilines is 2. The Hall–Kier alpha value is -3.57. The van der Waals surface area contributed by atoms with E-state index in [4.69, 9.17) is 16.3 Å². The molecule has 3 aromatic carbocycles. The van der Waals surface area contributed by atoms with Crippen molar-refractivity contribution >= 4 is 40.4 Å². The van der Waals surface area contributed by atoms with Crippen LogP contribution in [0.15, 0.2) is 72.4 Å². The summed E-state index contributed by atoms with van der Waals surface area (Å²) in [6.07, 6.45) is 0. The summed E-state index contributed by atoms with van der Waals surface area (Å²) in [5.74, 6) is -0.269. The number of imide groups is 1. The second kappa shape index (κ2) is 8.28. The first kappa shape index (κ1) is 20.7. The Morgan fingerprint density at radius 2 is 1.61 bits per heavy atom. The van der Waals surface area contributed by atoms with Crippen molar-refractivity contribution in [1.29, 1.82) is 0 Å². The molecule has 0 spiro atoms. The quantitative estimate of drug-likeness (QED) is 0.551. The van der Waals surface area contributed by atoms with Crippen LogP contribution >= 0.6 is 11.6 Å². The predicted octanol–water partition coefficient (Wildman–Crippen LogP) is 5.36. The summed E-state index contributed by atoms with van der Waals surface area (Å²) in [7, 11) is 1.53. The van der Waals surface area contributed by atoms with Gasteiger partial charge in [-0.15, -0.1) is 0 Å². The molecule has 0 atom stereocenters. The third-order valence-electron chi connectivity index (χ3n) is 5.11. The normalized spacial score (nSPS) is 13.7. The van der Waals surface area contributed by atoms with E-state index in [0.717, 1.165) is 11.1 Å². The van der Waals surface area contributed by atoms with E-state index < -0.39 is 5.91 Å². The van der Waals surface area contributed by atoms with Gasteiger partial charge in [0.05, 0.1) is 23.4 Å². The van der Waals surface area contributed by atoms with Gasteiger partial charge >= 0.3 is 0 Å². The van der Waals surface area contributed by atoms with Gasteiger partial charge in [0.1, 0.15) is 11.4 Å². The van der Waals surface area contributed by atoms with Gasteiger partial charge in [0.25, 0.3) is 11.8 Å². The van der Waals surface area contributed by atoms with E-state index >= 15 is 0 Å². The molecule has 0 unspecified atom stereocenters. The van der Waals surface area contributed by atoms with Crippen molar-refractivity contribution < 1.29 is 14.3 Å². The number of rotatable bonds is 5. The van der Waals surface area contributed by atoms with Gasteiger partial charge < -0.3 is 10.1 Å². The van der Waals surface area contributed by atoms with Crippen molar-refractivity contribution in [1.82, 2.24) is 0 Å². The number of benzene rings is 3. The van der Waals surface area contributed by atoms with Crippen LogP contribution in [0.1, 0.15) is 16.7 Å². The third kappa shape index (κ3) is 3.92. The summed E-state index contributed by atoms with van der Waals surface area (Å²) < 4.78 is 5.19. The average molecular weight is 433 g/mol. The molecule has 1 aliphatic rings.